The smallest absolute Gasteiger partial charge is 0.251 e. The van der Waals surface area contributed by atoms with E-state index in [1.807, 2.05) is 6.07 Å². The second kappa shape index (κ2) is 7.80. The Balaban J connectivity index is 0.00000196. The minimum absolute atomic E-state index is 0. The van der Waals surface area contributed by atoms with Crippen molar-refractivity contribution < 1.29 is 9.59 Å². The molecule has 0 saturated carbocycles. The molecule has 0 unspecified atom stereocenters. The zero-order valence-corrected chi connectivity index (χ0v) is 15.4. The van der Waals surface area contributed by atoms with E-state index in [0.717, 1.165) is 31.5 Å². The molecule has 7 nitrogen and oxygen atoms in total. The normalized spacial score (nSPS) is 30.2. The number of nitrogens with zero attached hydrogens (tertiary/aromatic N) is 1. The molecule has 3 aliphatic heterocycles. The molecule has 8 heteroatoms. The van der Waals surface area contributed by atoms with E-state index in [1.165, 1.54) is 6.07 Å². The fourth-order valence-corrected chi connectivity index (χ4v) is 4.46. The van der Waals surface area contributed by atoms with Crippen LogP contribution in [0.4, 0.5) is 0 Å². The number of fused-ring (bicyclic) bond motifs is 4. The van der Waals surface area contributed by atoms with E-state index >= 15 is 0 Å². The Hall–Kier alpha value is -1.86. The van der Waals surface area contributed by atoms with Gasteiger partial charge in [0.25, 0.3) is 5.56 Å². The molecule has 0 aromatic carbocycles. The number of nitrogens with one attached hydrogen (secondary N) is 3. The minimum Gasteiger partial charge on any atom is -0.354 e. The highest BCUT2D eigenvalue weighted by molar-refractivity contribution is 5.89. The Morgan fingerprint density at radius 1 is 1.19 bits per heavy atom. The Kier molecular flexibility index (Phi) is 5.67. The van der Waals surface area contributed by atoms with Gasteiger partial charge in [0.15, 0.2) is 0 Å². The summed E-state index contributed by atoms with van der Waals surface area (Å²) in [5.74, 6) is -0.0104. The molecule has 2 fully saturated rings. The van der Waals surface area contributed by atoms with Gasteiger partial charge < -0.3 is 16.0 Å². The Bertz CT molecular complexity index is 750. The lowest BCUT2D eigenvalue weighted by Gasteiger charge is -2.42. The van der Waals surface area contributed by atoms with Crippen LogP contribution in [0.1, 0.15) is 43.3 Å². The molecule has 2 bridgehead atoms. The van der Waals surface area contributed by atoms with Crippen LogP contribution in [0.2, 0.25) is 0 Å². The number of amides is 2. The molecule has 2 amide bonds. The average Bonchev–Trinajstić information content (AvgIpc) is 2.81. The first-order valence-corrected chi connectivity index (χ1v) is 9.15. The summed E-state index contributed by atoms with van der Waals surface area (Å²) < 4.78 is 1.66. The first kappa shape index (κ1) is 18.9. The van der Waals surface area contributed by atoms with E-state index in [1.54, 1.807) is 10.6 Å². The zero-order chi connectivity index (χ0) is 17.4. The SMILES string of the molecule is Cl.O=C1NCCCC[C@@H]1NC(=O)[C@H]1[C@@H]2CNC[C@@H](C2)c2cccc(=O)n21. The highest BCUT2D eigenvalue weighted by Crippen LogP contribution is 2.38. The molecule has 4 heterocycles. The van der Waals surface area contributed by atoms with Gasteiger partial charge >= 0.3 is 0 Å². The summed E-state index contributed by atoms with van der Waals surface area (Å²) >= 11 is 0. The number of carbonyl (C=O) groups is 2. The predicted octanol–water partition coefficient (Wildman–Crippen LogP) is 0.303. The van der Waals surface area contributed by atoms with Crippen LogP contribution >= 0.6 is 12.4 Å². The van der Waals surface area contributed by atoms with E-state index in [-0.39, 0.29) is 41.6 Å². The number of piperidine rings is 1. The number of aromatic nitrogens is 1. The molecule has 0 spiro atoms. The van der Waals surface area contributed by atoms with Gasteiger partial charge in [-0.3, -0.25) is 19.0 Å². The number of hydrogen-bond donors (Lipinski definition) is 3. The van der Waals surface area contributed by atoms with Gasteiger partial charge in [-0.2, -0.15) is 0 Å². The first-order chi connectivity index (χ1) is 12.1. The van der Waals surface area contributed by atoms with Crippen LogP contribution in [-0.4, -0.2) is 42.1 Å². The lowest BCUT2D eigenvalue weighted by atomic mass is 9.79. The zero-order valence-electron chi connectivity index (χ0n) is 14.6. The number of carbonyl (C=O) groups excluding carboxylic acids is 2. The van der Waals surface area contributed by atoms with Gasteiger partial charge in [-0.1, -0.05) is 6.07 Å². The van der Waals surface area contributed by atoms with E-state index < -0.39 is 12.1 Å². The summed E-state index contributed by atoms with van der Waals surface area (Å²) in [6.45, 7) is 2.21. The van der Waals surface area contributed by atoms with Crippen molar-refractivity contribution in [2.75, 3.05) is 19.6 Å². The van der Waals surface area contributed by atoms with Crippen molar-refractivity contribution in [3.05, 3.63) is 34.2 Å². The van der Waals surface area contributed by atoms with Crippen LogP contribution in [0.25, 0.3) is 0 Å². The summed E-state index contributed by atoms with van der Waals surface area (Å²) in [6.07, 6.45) is 3.37. The summed E-state index contributed by atoms with van der Waals surface area (Å²) in [5, 5.41) is 9.13. The van der Waals surface area contributed by atoms with Gasteiger partial charge in [0.1, 0.15) is 12.1 Å². The molecule has 142 valence electrons. The summed E-state index contributed by atoms with van der Waals surface area (Å²) in [5.41, 5.74) is 0.779. The predicted molar refractivity (Wildman–Crippen MR) is 99.5 cm³/mol. The van der Waals surface area contributed by atoms with Crippen molar-refractivity contribution in [3.8, 4) is 0 Å². The number of rotatable bonds is 2. The van der Waals surface area contributed by atoms with Gasteiger partial charge in [0.05, 0.1) is 0 Å². The van der Waals surface area contributed by atoms with Gasteiger partial charge in [0, 0.05) is 43.2 Å². The van der Waals surface area contributed by atoms with E-state index in [0.29, 0.717) is 19.5 Å². The quantitative estimate of drug-likeness (QED) is 0.688. The van der Waals surface area contributed by atoms with Crippen molar-refractivity contribution in [3.63, 3.8) is 0 Å². The summed E-state index contributed by atoms with van der Waals surface area (Å²) in [6, 6.07) is 4.15. The molecule has 3 aliphatic rings. The first-order valence-electron chi connectivity index (χ1n) is 9.15. The summed E-state index contributed by atoms with van der Waals surface area (Å²) in [7, 11) is 0. The van der Waals surface area contributed by atoms with Crippen molar-refractivity contribution in [1.29, 1.82) is 0 Å². The maximum absolute atomic E-state index is 13.1. The maximum Gasteiger partial charge on any atom is 0.251 e. The molecule has 2 saturated heterocycles. The fraction of sp³-hybridized carbons (Fsp3) is 0.611. The Morgan fingerprint density at radius 3 is 2.88 bits per heavy atom. The third-order valence-electron chi connectivity index (χ3n) is 5.67. The van der Waals surface area contributed by atoms with Crippen LogP contribution in [0.15, 0.2) is 23.0 Å². The van der Waals surface area contributed by atoms with Gasteiger partial charge in [-0.25, -0.2) is 0 Å². The lowest BCUT2D eigenvalue weighted by molar-refractivity contribution is -0.132. The number of pyridine rings is 1. The number of halogens is 1. The number of hydrogen-bond acceptors (Lipinski definition) is 4. The second-order valence-electron chi connectivity index (χ2n) is 7.30. The highest BCUT2D eigenvalue weighted by Gasteiger charge is 2.42. The van der Waals surface area contributed by atoms with E-state index in [4.69, 9.17) is 0 Å². The molecule has 4 atom stereocenters. The standard InChI is InChI=1S/C18H24N4O3.ClH/c23-15-6-3-5-14-11-8-12(10-19-9-11)16(22(14)15)18(25)21-13-4-1-2-7-20-17(13)24;/h3,5-6,11-13,16,19H,1-2,4,7-10H2,(H,20,24)(H,21,25);1H/t11-,12+,13+,16-;/m1./s1. The van der Waals surface area contributed by atoms with Crippen LogP contribution in [0, 0.1) is 5.92 Å². The van der Waals surface area contributed by atoms with Crippen molar-refractivity contribution in [1.82, 2.24) is 20.5 Å². The van der Waals surface area contributed by atoms with Crippen molar-refractivity contribution in [2.24, 2.45) is 5.92 Å². The maximum atomic E-state index is 13.1. The van der Waals surface area contributed by atoms with Crippen LogP contribution in [-0.2, 0) is 9.59 Å². The third kappa shape index (κ3) is 3.38. The topological polar surface area (TPSA) is 92.2 Å². The Labute approximate surface area is 158 Å². The van der Waals surface area contributed by atoms with Crippen molar-refractivity contribution >= 4 is 24.2 Å². The van der Waals surface area contributed by atoms with Gasteiger partial charge in [-0.05, 0) is 31.7 Å². The molecule has 1 aromatic heterocycles. The van der Waals surface area contributed by atoms with Gasteiger partial charge in [-0.15, -0.1) is 12.4 Å². The van der Waals surface area contributed by atoms with E-state index in [9.17, 15) is 14.4 Å². The van der Waals surface area contributed by atoms with Crippen LogP contribution in [0.3, 0.4) is 0 Å². The molecule has 26 heavy (non-hydrogen) atoms. The molecule has 0 radical (unpaired) electrons. The molecule has 4 rings (SSSR count). The summed E-state index contributed by atoms with van der Waals surface area (Å²) in [4.78, 5) is 37.7. The largest absolute Gasteiger partial charge is 0.354 e. The molecule has 0 aliphatic carbocycles. The average molecular weight is 381 g/mol. The van der Waals surface area contributed by atoms with Crippen LogP contribution < -0.4 is 21.5 Å². The molecule has 1 aromatic rings. The Morgan fingerprint density at radius 2 is 2.04 bits per heavy atom. The molecular formula is C18H25ClN4O3. The second-order valence-corrected chi connectivity index (χ2v) is 7.30. The lowest BCUT2D eigenvalue weighted by Crippen LogP contribution is -2.55. The molecular weight excluding hydrogens is 356 g/mol. The monoisotopic (exact) mass is 380 g/mol. The van der Waals surface area contributed by atoms with E-state index in [2.05, 4.69) is 16.0 Å². The minimum atomic E-state index is -0.552. The van der Waals surface area contributed by atoms with Crippen LogP contribution in [0.5, 0.6) is 0 Å². The third-order valence-corrected chi connectivity index (χ3v) is 5.67. The van der Waals surface area contributed by atoms with Crippen molar-refractivity contribution in [2.45, 2.75) is 43.7 Å². The molecule has 3 N–H and O–H groups in total. The van der Waals surface area contributed by atoms with Gasteiger partial charge in [0.2, 0.25) is 11.8 Å². The fourth-order valence-electron chi connectivity index (χ4n) is 4.46. The highest BCUT2D eigenvalue weighted by atomic mass is 35.5.